The number of ketones is 1. The van der Waals surface area contributed by atoms with Gasteiger partial charge in [-0.2, -0.15) is 0 Å². The fourth-order valence-electron chi connectivity index (χ4n) is 2.92. The normalized spacial score (nSPS) is 11.6. The van der Waals surface area contributed by atoms with Crippen LogP contribution in [0, 0.1) is 0 Å². The highest BCUT2D eigenvalue weighted by Gasteiger charge is 2.24. The summed E-state index contributed by atoms with van der Waals surface area (Å²) in [7, 11) is 1.67. The molecule has 0 heterocycles. The molecule has 0 unspecified atom stereocenters. The van der Waals surface area contributed by atoms with E-state index in [4.69, 9.17) is 14.2 Å². The van der Waals surface area contributed by atoms with E-state index in [1.807, 2.05) is 20.8 Å². The molecule has 0 spiro atoms. The van der Waals surface area contributed by atoms with Crippen LogP contribution in [0.4, 0.5) is 15.3 Å². The molecule has 33 heavy (non-hydrogen) atoms. The maximum atomic E-state index is 12.9. The van der Waals surface area contributed by atoms with Crippen LogP contribution in [-0.2, 0) is 14.2 Å². The molecule has 8 nitrogen and oxygen atoms in total. The SMILES string of the molecule is COCCCCCN(C(=O)OC(C)(C)C)c1cccc(C(=O)CCNC(=O)OC(C)(C)C)c1. The number of amides is 2. The third-order valence-corrected chi connectivity index (χ3v) is 4.34. The molecular weight excluding hydrogens is 424 g/mol. The zero-order valence-corrected chi connectivity index (χ0v) is 21.2. The zero-order valence-electron chi connectivity index (χ0n) is 21.2. The summed E-state index contributed by atoms with van der Waals surface area (Å²) in [6.45, 7) is 12.1. The average Bonchev–Trinajstić information content (AvgIpc) is 2.68. The van der Waals surface area contributed by atoms with Crippen LogP contribution < -0.4 is 10.2 Å². The first-order chi connectivity index (χ1) is 15.3. The average molecular weight is 465 g/mol. The number of methoxy groups -OCH3 is 1. The number of ether oxygens (including phenoxy) is 3. The largest absolute Gasteiger partial charge is 0.444 e. The van der Waals surface area contributed by atoms with Crippen LogP contribution in [0.3, 0.4) is 0 Å². The number of Topliss-reactive ketones (excluding diaryl/α,β-unsaturated/α-hetero) is 1. The molecular formula is C25H40N2O6. The van der Waals surface area contributed by atoms with Crippen LogP contribution in [0.1, 0.15) is 77.6 Å². The lowest BCUT2D eigenvalue weighted by Gasteiger charge is -2.28. The molecule has 0 aliphatic carbocycles. The number of hydrogen-bond acceptors (Lipinski definition) is 6. The number of benzene rings is 1. The van der Waals surface area contributed by atoms with Crippen molar-refractivity contribution >= 4 is 23.7 Å². The number of unbranched alkanes of at least 4 members (excludes halogenated alkanes) is 2. The molecule has 0 aliphatic heterocycles. The highest BCUT2D eigenvalue weighted by Crippen LogP contribution is 2.21. The monoisotopic (exact) mass is 464 g/mol. The van der Waals surface area contributed by atoms with Crippen molar-refractivity contribution in [2.24, 2.45) is 0 Å². The molecule has 186 valence electrons. The molecule has 1 aromatic rings. The maximum Gasteiger partial charge on any atom is 0.414 e. The first-order valence-electron chi connectivity index (χ1n) is 11.4. The highest BCUT2D eigenvalue weighted by molar-refractivity contribution is 5.98. The van der Waals surface area contributed by atoms with Crippen LogP contribution in [0.5, 0.6) is 0 Å². The van der Waals surface area contributed by atoms with Crippen molar-refractivity contribution < 1.29 is 28.6 Å². The van der Waals surface area contributed by atoms with E-state index in [0.29, 0.717) is 24.4 Å². The van der Waals surface area contributed by atoms with E-state index >= 15 is 0 Å². The first-order valence-corrected chi connectivity index (χ1v) is 11.4. The molecule has 0 aromatic heterocycles. The van der Waals surface area contributed by atoms with E-state index in [2.05, 4.69) is 5.32 Å². The predicted molar refractivity (Wildman–Crippen MR) is 129 cm³/mol. The van der Waals surface area contributed by atoms with Gasteiger partial charge in [-0.1, -0.05) is 12.1 Å². The van der Waals surface area contributed by atoms with E-state index in [-0.39, 0.29) is 18.7 Å². The molecule has 1 aromatic carbocycles. The Labute approximate surface area is 198 Å². The summed E-state index contributed by atoms with van der Waals surface area (Å²) < 4.78 is 15.8. The minimum absolute atomic E-state index is 0.117. The summed E-state index contributed by atoms with van der Waals surface area (Å²) in [6.07, 6.45) is 1.69. The Morgan fingerprint density at radius 3 is 2.21 bits per heavy atom. The third-order valence-electron chi connectivity index (χ3n) is 4.34. The number of nitrogens with zero attached hydrogens (tertiary/aromatic N) is 1. The van der Waals surface area contributed by atoms with Crippen molar-refractivity contribution in [2.75, 3.05) is 31.7 Å². The second kappa shape index (κ2) is 13.2. The van der Waals surface area contributed by atoms with Crippen LogP contribution in [0.2, 0.25) is 0 Å². The van der Waals surface area contributed by atoms with Crippen molar-refractivity contribution in [1.82, 2.24) is 5.32 Å². The minimum atomic E-state index is -0.633. The predicted octanol–water partition coefficient (Wildman–Crippen LogP) is 5.34. The van der Waals surface area contributed by atoms with Crippen molar-refractivity contribution in [3.05, 3.63) is 29.8 Å². The standard InChI is InChI=1S/C25H40N2O6/c1-24(2,3)32-22(29)26-15-14-21(28)19-12-11-13-20(18-19)27(16-9-8-10-17-31-7)23(30)33-25(4,5)6/h11-13,18H,8-10,14-17H2,1-7H3,(H,26,29). The molecule has 0 saturated carbocycles. The molecule has 0 radical (unpaired) electrons. The first kappa shape index (κ1) is 28.4. The van der Waals surface area contributed by atoms with Crippen LogP contribution in [-0.4, -0.2) is 56.0 Å². The van der Waals surface area contributed by atoms with Crippen molar-refractivity contribution in [2.45, 2.75) is 78.4 Å². The van der Waals surface area contributed by atoms with Crippen LogP contribution >= 0.6 is 0 Å². The Bertz CT molecular complexity index is 780. The fraction of sp³-hybridized carbons (Fsp3) is 0.640. The molecule has 8 heteroatoms. The maximum absolute atomic E-state index is 12.9. The summed E-state index contributed by atoms with van der Waals surface area (Å²) in [4.78, 5) is 38.9. The zero-order chi connectivity index (χ0) is 25.1. The summed E-state index contributed by atoms with van der Waals surface area (Å²) in [5.74, 6) is -0.142. The second-order valence-corrected chi connectivity index (χ2v) is 9.84. The number of carbonyl (C=O) groups is 3. The number of anilines is 1. The van der Waals surface area contributed by atoms with Crippen LogP contribution in [0.15, 0.2) is 24.3 Å². The van der Waals surface area contributed by atoms with Gasteiger partial charge in [0.2, 0.25) is 0 Å². The summed E-state index contributed by atoms with van der Waals surface area (Å²) in [5.41, 5.74) is -0.170. The van der Waals surface area contributed by atoms with Gasteiger partial charge < -0.3 is 19.5 Å². The van der Waals surface area contributed by atoms with E-state index in [1.54, 1.807) is 57.0 Å². The topological polar surface area (TPSA) is 94.2 Å². The molecule has 2 amide bonds. The number of nitrogens with one attached hydrogen (secondary N) is 1. The van der Waals surface area contributed by atoms with Gasteiger partial charge in [0.05, 0.1) is 0 Å². The Morgan fingerprint density at radius 2 is 1.61 bits per heavy atom. The Morgan fingerprint density at radius 1 is 0.939 bits per heavy atom. The lowest BCUT2D eigenvalue weighted by atomic mass is 10.1. The van der Waals surface area contributed by atoms with Gasteiger partial charge in [-0.05, 0) is 72.9 Å². The molecule has 0 bridgehead atoms. The molecule has 0 aliphatic rings. The molecule has 1 rings (SSSR count). The van der Waals surface area contributed by atoms with Crippen LogP contribution in [0.25, 0.3) is 0 Å². The number of hydrogen-bond donors (Lipinski definition) is 1. The van der Waals surface area contributed by atoms with Gasteiger partial charge in [0.1, 0.15) is 11.2 Å². The highest BCUT2D eigenvalue weighted by atomic mass is 16.6. The van der Waals surface area contributed by atoms with E-state index in [1.165, 1.54) is 0 Å². The molecule has 0 atom stereocenters. The van der Waals surface area contributed by atoms with Gasteiger partial charge >= 0.3 is 12.2 Å². The lowest BCUT2D eigenvalue weighted by Crippen LogP contribution is -2.37. The quantitative estimate of drug-likeness (QED) is 0.351. The van der Waals surface area contributed by atoms with E-state index in [0.717, 1.165) is 19.3 Å². The molecule has 1 N–H and O–H groups in total. The second-order valence-electron chi connectivity index (χ2n) is 9.84. The van der Waals surface area contributed by atoms with Gasteiger partial charge in [0.15, 0.2) is 5.78 Å². The van der Waals surface area contributed by atoms with Gasteiger partial charge in [0.25, 0.3) is 0 Å². The Balaban J connectivity index is 2.84. The van der Waals surface area contributed by atoms with Gasteiger partial charge in [0, 0.05) is 44.5 Å². The Kier molecular flexibility index (Phi) is 11.4. The number of carbonyl (C=O) groups excluding carboxylic acids is 3. The lowest BCUT2D eigenvalue weighted by molar-refractivity contribution is 0.0525. The number of rotatable bonds is 11. The van der Waals surface area contributed by atoms with E-state index < -0.39 is 23.4 Å². The third kappa shape index (κ3) is 12.3. The summed E-state index contributed by atoms with van der Waals surface area (Å²) in [5, 5.41) is 2.59. The van der Waals surface area contributed by atoms with Gasteiger partial charge in [-0.3, -0.25) is 9.69 Å². The van der Waals surface area contributed by atoms with Gasteiger partial charge in [-0.15, -0.1) is 0 Å². The number of alkyl carbamates (subject to hydrolysis) is 1. The van der Waals surface area contributed by atoms with E-state index in [9.17, 15) is 14.4 Å². The fourth-order valence-corrected chi connectivity index (χ4v) is 2.92. The van der Waals surface area contributed by atoms with Crippen molar-refractivity contribution in [1.29, 1.82) is 0 Å². The molecule has 0 fully saturated rings. The Hall–Kier alpha value is -2.61. The summed E-state index contributed by atoms with van der Waals surface area (Å²) in [6, 6.07) is 6.92. The minimum Gasteiger partial charge on any atom is -0.444 e. The summed E-state index contributed by atoms with van der Waals surface area (Å²) >= 11 is 0. The van der Waals surface area contributed by atoms with Gasteiger partial charge in [-0.25, -0.2) is 9.59 Å². The van der Waals surface area contributed by atoms with Crippen molar-refractivity contribution in [3.63, 3.8) is 0 Å². The molecule has 0 saturated heterocycles. The smallest absolute Gasteiger partial charge is 0.414 e. The van der Waals surface area contributed by atoms with Crippen molar-refractivity contribution in [3.8, 4) is 0 Å².